The molecular formula is C38H39BrN2O7. The van der Waals surface area contributed by atoms with Gasteiger partial charge in [-0.25, -0.2) is 4.79 Å². The van der Waals surface area contributed by atoms with Crippen LogP contribution in [0.5, 0.6) is 17.2 Å². The molecule has 3 saturated heterocycles. The summed E-state index contributed by atoms with van der Waals surface area (Å²) in [5, 5.41) is 11.1. The van der Waals surface area contributed by atoms with Gasteiger partial charge in [0.1, 0.15) is 5.75 Å². The van der Waals surface area contributed by atoms with E-state index in [-0.39, 0.29) is 29.0 Å². The first kappa shape index (κ1) is 31.4. The van der Waals surface area contributed by atoms with Crippen molar-refractivity contribution in [2.45, 2.75) is 49.8 Å². The molecule has 250 valence electrons. The Labute approximate surface area is 288 Å². The molecule has 3 aromatic rings. The molecule has 1 N–H and O–H groups in total. The first-order valence-electron chi connectivity index (χ1n) is 16.5. The molecule has 9 nitrogen and oxygen atoms in total. The van der Waals surface area contributed by atoms with Crippen LogP contribution in [0.1, 0.15) is 37.3 Å². The molecule has 1 spiro atoms. The number of ether oxygens (including phenoxy) is 4. The third-order valence-corrected chi connectivity index (χ3v) is 12.8. The largest absolute Gasteiger partial charge is 0.496 e. The Balaban J connectivity index is 0.000000155. The second kappa shape index (κ2) is 11.6. The standard InChI is InChI=1S/C23H26N2O4.C15H13BrO3/c1-27-16-8-14-15(9-17(16)28-2)25-20(26)10-18-21-13-7-19-23(14,22(21)25)4-5-24(19)11-12(13)3-6-29-18;1-9(15(17)18)14(16)13-11-6-4-3-5-10(11)7-8-12(13)19-2/h3,8-9,13,18-19,21-22H,4-7,10-11H2,1-2H3;3-8H,1-2H3,(H,17,18)/b;14-9+. The fourth-order valence-electron chi connectivity index (χ4n) is 9.80. The number of fused-ring (bicyclic) bond motifs is 3. The maximum Gasteiger partial charge on any atom is 0.332 e. The van der Waals surface area contributed by atoms with Gasteiger partial charge < -0.3 is 29.0 Å². The third-order valence-electron chi connectivity index (χ3n) is 11.8. The molecule has 1 saturated carbocycles. The summed E-state index contributed by atoms with van der Waals surface area (Å²) in [6.45, 7) is 4.37. The molecule has 6 aliphatic rings. The minimum absolute atomic E-state index is 0.0242. The van der Waals surface area contributed by atoms with Gasteiger partial charge in [0.25, 0.3) is 0 Å². The minimum atomic E-state index is -0.957. The van der Waals surface area contributed by atoms with E-state index >= 15 is 0 Å². The van der Waals surface area contributed by atoms with Crippen molar-refractivity contribution in [1.29, 1.82) is 0 Å². The lowest BCUT2D eigenvalue weighted by Gasteiger charge is -2.58. The van der Waals surface area contributed by atoms with Gasteiger partial charge in [-0.3, -0.25) is 9.69 Å². The van der Waals surface area contributed by atoms with Gasteiger partial charge in [0.15, 0.2) is 11.5 Å². The summed E-state index contributed by atoms with van der Waals surface area (Å²) < 4.78 is 23.5. The average Bonchev–Trinajstić information content (AvgIpc) is 3.57. The molecule has 5 heterocycles. The lowest BCUT2D eigenvalue weighted by molar-refractivity contribution is -0.133. The average molecular weight is 716 g/mol. The van der Waals surface area contributed by atoms with Crippen LogP contribution in [-0.2, 0) is 19.7 Å². The highest BCUT2D eigenvalue weighted by molar-refractivity contribution is 9.15. The Morgan fingerprint density at radius 2 is 1.79 bits per heavy atom. The van der Waals surface area contributed by atoms with E-state index in [1.165, 1.54) is 12.0 Å². The van der Waals surface area contributed by atoms with Gasteiger partial charge in [-0.2, -0.15) is 0 Å². The Hall–Kier alpha value is -3.86. The molecule has 0 aromatic heterocycles. The second-order valence-corrected chi connectivity index (χ2v) is 14.4. The van der Waals surface area contributed by atoms with Crippen LogP contribution in [0, 0.1) is 11.8 Å². The molecule has 6 atom stereocenters. The number of hydrogen-bond acceptors (Lipinski definition) is 7. The number of nitrogens with zero attached hydrogens (tertiary/aromatic N) is 2. The number of carbonyl (C=O) groups is 2. The zero-order valence-corrected chi connectivity index (χ0v) is 29.1. The van der Waals surface area contributed by atoms with Crippen molar-refractivity contribution in [2.75, 3.05) is 45.9 Å². The predicted octanol–water partition coefficient (Wildman–Crippen LogP) is 6.17. The highest BCUT2D eigenvalue weighted by atomic mass is 79.9. The van der Waals surface area contributed by atoms with Crippen LogP contribution in [0.3, 0.4) is 0 Å². The van der Waals surface area contributed by atoms with Gasteiger partial charge in [-0.15, -0.1) is 0 Å². The maximum atomic E-state index is 13.5. The molecule has 5 aliphatic heterocycles. The molecule has 6 unspecified atom stereocenters. The third kappa shape index (κ3) is 4.34. The number of halogens is 1. The van der Waals surface area contributed by atoms with Crippen molar-refractivity contribution >= 4 is 48.7 Å². The molecule has 3 aromatic carbocycles. The van der Waals surface area contributed by atoms with E-state index in [0.717, 1.165) is 47.3 Å². The molecule has 4 fully saturated rings. The van der Waals surface area contributed by atoms with Gasteiger partial charge in [0, 0.05) is 45.6 Å². The number of aliphatic carboxylic acids is 1. The predicted molar refractivity (Wildman–Crippen MR) is 186 cm³/mol. The molecule has 1 amide bonds. The van der Waals surface area contributed by atoms with E-state index in [0.29, 0.717) is 46.9 Å². The van der Waals surface area contributed by atoms with Gasteiger partial charge in [-0.05, 0) is 76.6 Å². The minimum Gasteiger partial charge on any atom is -0.496 e. The number of piperidine rings is 2. The second-order valence-electron chi connectivity index (χ2n) is 13.6. The van der Waals surface area contributed by atoms with Crippen molar-refractivity contribution < 1.29 is 33.6 Å². The summed E-state index contributed by atoms with van der Waals surface area (Å²) in [5.74, 6) is 2.26. The van der Waals surface area contributed by atoms with Gasteiger partial charge in [-0.1, -0.05) is 42.0 Å². The fraction of sp³-hybridized carbons (Fsp3) is 0.421. The summed E-state index contributed by atoms with van der Waals surface area (Å²) >= 11 is 3.38. The van der Waals surface area contributed by atoms with Crippen molar-refractivity contribution in [3.8, 4) is 17.2 Å². The van der Waals surface area contributed by atoms with Crippen molar-refractivity contribution in [3.63, 3.8) is 0 Å². The van der Waals surface area contributed by atoms with Crippen molar-refractivity contribution in [2.24, 2.45) is 11.8 Å². The number of anilines is 1. The van der Waals surface area contributed by atoms with Crippen LogP contribution in [0.4, 0.5) is 5.69 Å². The van der Waals surface area contributed by atoms with Crippen LogP contribution in [0.25, 0.3) is 15.3 Å². The number of carboxylic acid groups (broad SMARTS) is 1. The highest BCUT2D eigenvalue weighted by Crippen LogP contribution is 2.66. The van der Waals surface area contributed by atoms with Gasteiger partial charge in [0.2, 0.25) is 5.91 Å². The quantitative estimate of drug-likeness (QED) is 0.248. The molecular weight excluding hydrogens is 676 g/mol. The number of benzene rings is 3. The highest BCUT2D eigenvalue weighted by Gasteiger charge is 2.71. The van der Waals surface area contributed by atoms with Crippen LogP contribution in [0.15, 0.2) is 65.8 Å². The zero-order chi connectivity index (χ0) is 33.5. The first-order valence-corrected chi connectivity index (χ1v) is 17.3. The lowest BCUT2D eigenvalue weighted by atomic mass is 9.53. The number of carbonyl (C=O) groups excluding carboxylic acids is 1. The number of carboxylic acids is 1. The Kier molecular flexibility index (Phi) is 7.61. The Morgan fingerprint density at radius 3 is 2.54 bits per heavy atom. The van der Waals surface area contributed by atoms with E-state index in [2.05, 4.69) is 37.9 Å². The number of hydrogen-bond donors (Lipinski definition) is 1. The fourth-order valence-corrected chi connectivity index (χ4v) is 10.4. The van der Waals surface area contributed by atoms with Crippen LogP contribution >= 0.6 is 15.9 Å². The van der Waals surface area contributed by atoms with Gasteiger partial charge in [0.05, 0.1) is 52.2 Å². The Morgan fingerprint density at radius 1 is 1.04 bits per heavy atom. The van der Waals surface area contributed by atoms with Gasteiger partial charge >= 0.3 is 5.97 Å². The van der Waals surface area contributed by atoms with Crippen LogP contribution in [-0.4, -0.2) is 81.1 Å². The molecule has 0 radical (unpaired) electrons. The van der Waals surface area contributed by atoms with E-state index in [1.54, 1.807) is 33.8 Å². The van der Waals surface area contributed by atoms with E-state index < -0.39 is 5.97 Å². The molecule has 10 heteroatoms. The van der Waals surface area contributed by atoms with Crippen LogP contribution in [0.2, 0.25) is 0 Å². The SMILES string of the molecule is COc1cc2c(cc1OC)C13CCN4CC5=CCOC6CC(=O)N2C1C6C5CC43.COc1ccc2ccccc2c1/C(Br)=C(/C)C(=O)O. The van der Waals surface area contributed by atoms with Crippen LogP contribution < -0.4 is 19.1 Å². The molecule has 2 bridgehead atoms. The van der Waals surface area contributed by atoms with E-state index in [9.17, 15) is 9.59 Å². The zero-order valence-electron chi connectivity index (χ0n) is 27.5. The summed E-state index contributed by atoms with van der Waals surface area (Å²) in [5.41, 5.74) is 4.86. The topological polar surface area (TPSA) is 97.8 Å². The normalized spacial score (nSPS) is 29.6. The van der Waals surface area contributed by atoms with Crippen molar-refractivity contribution in [1.82, 2.24) is 4.90 Å². The first-order chi connectivity index (χ1) is 23.2. The summed E-state index contributed by atoms with van der Waals surface area (Å²) in [7, 11) is 4.93. The lowest BCUT2D eigenvalue weighted by Crippen LogP contribution is -2.69. The number of methoxy groups -OCH3 is 3. The summed E-state index contributed by atoms with van der Waals surface area (Å²) in [6.07, 6.45) is 5.11. The number of rotatable bonds is 5. The van der Waals surface area contributed by atoms with E-state index in [1.807, 2.05) is 42.5 Å². The summed E-state index contributed by atoms with van der Waals surface area (Å²) in [4.78, 5) is 29.4. The molecule has 9 rings (SSSR count). The van der Waals surface area contributed by atoms with Crippen molar-refractivity contribution in [3.05, 3.63) is 76.9 Å². The Bertz CT molecular complexity index is 1920. The smallest absolute Gasteiger partial charge is 0.332 e. The van der Waals surface area contributed by atoms with E-state index in [4.69, 9.17) is 24.1 Å². The molecule has 48 heavy (non-hydrogen) atoms. The number of amides is 1. The monoisotopic (exact) mass is 714 g/mol. The summed E-state index contributed by atoms with van der Waals surface area (Å²) in [6, 6.07) is 16.5. The molecule has 1 aliphatic carbocycles. The maximum absolute atomic E-state index is 13.5.